The van der Waals surface area contributed by atoms with Crippen LogP contribution in [-0.2, 0) is 6.42 Å². The number of imidazole rings is 1. The molecule has 96 valence electrons. The van der Waals surface area contributed by atoms with Gasteiger partial charge in [0.2, 0.25) is 0 Å². The van der Waals surface area contributed by atoms with Gasteiger partial charge in [0.15, 0.2) is 0 Å². The van der Waals surface area contributed by atoms with Crippen molar-refractivity contribution in [1.82, 2.24) is 9.55 Å². The molecule has 1 heterocycles. The highest BCUT2D eigenvalue weighted by Gasteiger charge is 2.28. The SMILES string of the molecule is COc1ccc2c(c1)nc(CC(C)N)n2C1CC1. The van der Waals surface area contributed by atoms with E-state index in [4.69, 9.17) is 15.5 Å². The largest absolute Gasteiger partial charge is 0.497 e. The molecule has 1 unspecified atom stereocenters. The number of hydrogen-bond acceptors (Lipinski definition) is 3. The van der Waals surface area contributed by atoms with Crippen LogP contribution in [0.15, 0.2) is 18.2 Å². The van der Waals surface area contributed by atoms with Gasteiger partial charge in [-0.2, -0.15) is 0 Å². The number of nitrogens with two attached hydrogens (primary N) is 1. The fourth-order valence-electron chi connectivity index (χ4n) is 2.43. The van der Waals surface area contributed by atoms with E-state index in [-0.39, 0.29) is 6.04 Å². The number of ether oxygens (including phenoxy) is 1. The Morgan fingerprint density at radius 3 is 2.89 bits per heavy atom. The van der Waals surface area contributed by atoms with Crippen molar-refractivity contribution in [3.8, 4) is 5.75 Å². The molecule has 1 aliphatic carbocycles. The third-order valence-electron chi connectivity index (χ3n) is 3.39. The van der Waals surface area contributed by atoms with Crippen LogP contribution in [0.4, 0.5) is 0 Å². The molecule has 0 saturated heterocycles. The minimum absolute atomic E-state index is 0.140. The quantitative estimate of drug-likeness (QED) is 0.899. The first-order valence-corrected chi connectivity index (χ1v) is 6.49. The van der Waals surface area contributed by atoms with Crippen molar-refractivity contribution in [3.05, 3.63) is 24.0 Å². The molecule has 0 radical (unpaired) electrons. The molecule has 3 rings (SSSR count). The second-order valence-corrected chi connectivity index (χ2v) is 5.17. The van der Waals surface area contributed by atoms with Gasteiger partial charge in [-0.15, -0.1) is 0 Å². The van der Waals surface area contributed by atoms with Crippen molar-refractivity contribution in [2.45, 2.75) is 38.3 Å². The first-order valence-electron chi connectivity index (χ1n) is 6.49. The number of methoxy groups -OCH3 is 1. The summed E-state index contributed by atoms with van der Waals surface area (Å²) in [6, 6.07) is 6.86. The zero-order valence-corrected chi connectivity index (χ0v) is 10.9. The standard InChI is InChI=1S/C14H19N3O/c1-9(15)7-14-16-12-8-11(18-2)5-6-13(12)17(14)10-3-4-10/h5-6,8-10H,3-4,7,15H2,1-2H3. The molecule has 1 atom stereocenters. The van der Waals surface area contributed by atoms with Crippen molar-refractivity contribution < 1.29 is 4.74 Å². The zero-order chi connectivity index (χ0) is 12.7. The van der Waals surface area contributed by atoms with Gasteiger partial charge < -0.3 is 15.0 Å². The normalized spacial score (nSPS) is 17.1. The molecular formula is C14H19N3O. The predicted octanol–water partition coefficient (Wildman–Crippen LogP) is 2.27. The van der Waals surface area contributed by atoms with Crippen LogP contribution >= 0.6 is 0 Å². The molecule has 0 spiro atoms. The summed E-state index contributed by atoms with van der Waals surface area (Å²) in [7, 11) is 1.68. The topological polar surface area (TPSA) is 53.1 Å². The van der Waals surface area contributed by atoms with Gasteiger partial charge in [-0.1, -0.05) is 0 Å². The van der Waals surface area contributed by atoms with Gasteiger partial charge in [0.05, 0.1) is 18.1 Å². The second-order valence-electron chi connectivity index (χ2n) is 5.17. The Hall–Kier alpha value is -1.55. The van der Waals surface area contributed by atoms with Gasteiger partial charge in [-0.05, 0) is 31.9 Å². The molecule has 1 aromatic heterocycles. The maximum atomic E-state index is 5.91. The third-order valence-corrected chi connectivity index (χ3v) is 3.39. The number of nitrogens with zero attached hydrogens (tertiary/aromatic N) is 2. The first kappa shape index (κ1) is 11.5. The Morgan fingerprint density at radius 1 is 1.50 bits per heavy atom. The first-order chi connectivity index (χ1) is 8.69. The monoisotopic (exact) mass is 245 g/mol. The van der Waals surface area contributed by atoms with Crippen LogP contribution in [0.3, 0.4) is 0 Å². The lowest BCUT2D eigenvalue weighted by Gasteiger charge is -2.09. The van der Waals surface area contributed by atoms with Crippen LogP contribution in [0.1, 0.15) is 31.6 Å². The minimum Gasteiger partial charge on any atom is -0.497 e. The Balaban J connectivity index is 2.12. The molecule has 0 bridgehead atoms. The average molecular weight is 245 g/mol. The Morgan fingerprint density at radius 2 is 2.28 bits per heavy atom. The van der Waals surface area contributed by atoms with E-state index in [0.717, 1.165) is 23.5 Å². The summed E-state index contributed by atoms with van der Waals surface area (Å²) in [6.07, 6.45) is 3.33. The summed E-state index contributed by atoms with van der Waals surface area (Å²) < 4.78 is 7.61. The molecule has 4 heteroatoms. The molecule has 1 fully saturated rings. The van der Waals surface area contributed by atoms with Crippen molar-refractivity contribution in [2.75, 3.05) is 7.11 Å². The van der Waals surface area contributed by atoms with E-state index in [1.54, 1.807) is 7.11 Å². The third kappa shape index (κ3) is 1.97. The van der Waals surface area contributed by atoms with E-state index >= 15 is 0 Å². The van der Waals surface area contributed by atoms with Crippen molar-refractivity contribution in [1.29, 1.82) is 0 Å². The lowest BCUT2D eigenvalue weighted by atomic mass is 10.2. The van der Waals surface area contributed by atoms with Gasteiger partial charge >= 0.3 is 0 Å². The van der Waals surface area contributed by atoms with Crippen LogP contribution in [0, 0.1) is 0 Å². The number of hydrogen-bond donors (Lipinski definition) is 1. The number of benzene rings is 1. The summed E-state index contributed by atoms with van der Waals surface area (Å²) in [4.78, 5) is 4.73. The highest BCUT2D eigenvalue weighted by Crippen LogP contribution is 2.39. The van der Waals surface area contributed by atoms with E-state index in [9.17, 15) is 0 Å². The molecule has 2 N–H and O–H groups in total. The summed E-state index contributed by atoms with van der Waals surface area (Å²) in [6.45, 7) is 2.02. The lowest BCUT2D eigenvalue weighted by Crippen LogP contribution is -2.20. The second kappa shape index (κ2) is 4.28. The minimum atomic E-state index is 0.140. The van der Waals surface area contributed by atoms with Crippen LogP contribution in [0.25, 0.3) is 11.0 Å². The number of aromatic nitrogens is 2. The van der Waals surface area contributed by atoms with Crippen LogP contribution < -0.4 is 10.5 Å². The van der Waals surface area contributed by atoms with Crippen molar-refractivity contribution >= 4 is 11.0 Å². The fraction of sp³-hybridized carbons (Fsp3) is 0.500. The summed E-state index contributed by atoms with van der Waals surface area (Å²) in [5, 5.41) is 0. The van der Waals surface area contributed by atoms with E-state index in [1.807, 2.05) is 19.1 Å². The lowest BCUT2D eigenvalue weighted by molar-refractivity contribution is 0.415. The molecule has 18 heavy (non-hydrogen) atoms. The smallest absolute Gasteiger partial charge is 0.121 e. The van der Waals surface area contributed by atoms with Crippen molar-refractivity contribution in [3.63, 3.8) is 0 Å². The number of rotatable bonds is 4. The Kier molecular flexibility index (Phi) is 2.74. The zero-order valence-electron chi connectivity index (χ0n) is 10.9. The van der Waals surface area contributed by atoms with Crippen LogP contribution in [0.5, 0.6) is 5.75 Å². The van der Waals surface area contributed by atoms with Gasteiger partial charge in [-0.3, -0.25) is 0 Å². The molecule has 1 saturated carbocycles. The maximum absolute atomic E-state index is 5.91. The molecule has 0 amide bonds. The van der Waals surface area contributed by atoms with Crippen LogP contribution in [0.2, 0.25) is 0 Å². The van der Waals surface area contributed by atoms with Gasteiger partial charge in [0, 0.05) is 24.6 Å². The van der Waals surface area contributed by atoms with Gasteiger partial charge in [0.1, 0.15) is 11.6 Å². The van der Waals surface area contributed by atoms with E-state index < -0.39 is 0 Å². The maximum Gasteiger partial charge on any atom is 0.121 e. The van der Waals surface area contributed by atoms with Crippen LogP contribution in [-0.4, -0.2) is 22.7 Å². The molecular weight excluding hydrogens is 226 g/mol. The fourth-order valence-corrected chi connectivity index (χ4v) is 2.43. The summed E-state index contributed by atoms with van der Waals surface area (Å²) in [5.74, 6) is 1.96. The number of fused-ring (bicyclic) bond motifs is 1. The molecule has 0 aliphatic heterocycles. The van der Waals surface area contributed by atoms with Gasteiger partial charge in [0.25, 0.3) is 0 Å². The molecule has 1 aliphatic rings. The van der Waals surface area contributed by atoms with E-state index in [2.05, 4.69) is 10.6 Å². The van der Waals surface area contributed by atoms with Crippen molar-refractivity contribution in [2.24, 2.45) is 5.73 Å². The molecule has 4 nitrogen and oxygen atoms in total. The van der Waals surface area contributed by atoms with E-state index in [0.29, 0.717) is 6.04 Å². The summed E-state index contributed by atoms with van der Waals surface area (Å²) in [5.41, 5.74) is 8.13. The molecule has 2 aromatic rings. The predicted molar refractivity (Wildman–Crippen MR) is 71.9 cm³/mol. The Labute approximate surface area is 107 Å². The van der Waals surface area contributed by atoms with E-state index in [1.165, 1.54) is 18.4 Å². The van der Waals surface area contributed by atoms with Gasteiger partial charge in [-0.25, -0.2) is 4.98 Å². The highest BCUT2D eigenvalue weighted by atomic mass is 16.5. The highest BCUT2D eigenvalue weighted by molar-refractivity contribution is 5.78. The Bertz CT molecular complexity index is 570. The average Bonchev–Trinajstić information content (AvgIpc) is 3.10. The molecule has 1 aromatic carbocycles. The summed E-state index contributed by atoms with van der Waals surface area (Å²) >= 11 is 0.